The third kappa shape index (κ3) is 3.66. The molecule has 2 atom stereocenters. The van der Waals surface area contributed by atoms with Crippen LogP contribution in [0.2, 0.25) is 0 Å². The molecule has 18 heavy (non-hydrogen) atoms. The van der Waals surface area contributed by atoms with Crippen molar-refractivity contribution in [2.24, 2.45) is 5.41 Å². The molecule has 1 rings (SSSR count). The number of nitrogens with zero attached hydrogens (tertiary/aromatic N) is 1. The van der Waals surface area contributed by atoms with Gasteiger partial charge in [-0.15, -0.1) is 0 Å². The van der Waals surface area contributed by atoms with E-state index in [2.05, 4.69) is 5.32 Å². The largest absolute Gasteiger partial charge is 0.392 e. The van der Waals surface area contributed by atoms with Crippen molar-refractivity contribution >= 4 is 10.0 Å². The monoisotopic (exact) mass is 278 g/mol. The van der Waals surface area contributed by atoms with E-state index in [1.165, 1.54) is 10.6 Å². The standard InChI is InChI=1S/C12H26N2O3S/c1-5-14(18(4,16)17)8-6-7-13-10-9-11(15)12(10,2)3/h10-11,13,15H,5-9H2,1-4H3. The van der Waals surface area contributed by atoms with Gasteiger partial charge < -0.3 is 10.4 Å². The number of aliphatic hydroxyl groups is 1. The SMILES string of the molecule is CCN(CCCNC1CC(O)C1(C)C)S(C)(=O)=O. The van der Waals surface area contributed by atoms with Crippen molar-refractivity contribution < 1.29 is 13.5 Å². The van der Waals surface area contributed by atoms with Gasteiger partial charge in [-0.2, -0.15) is 0 Å². The van der Waals surface area contributed by atoms with Crippen molar-refractivity contribution in [2.75, 3.05) is 25.9 Å². The maximum absolute atomic E-state index is 11.4. The topological polar surface area (TPSA) is 69.6 Å². The van der Waals surface area contributed by atoms with Crippen LogP contribution in [0.3, 0.4) is 0 Å². The maximum atomic E-state index is 11.4. The highest BCUT2D eigenvalue weighted by atomic mass is 32.2. The summed E-state index contributed by atoms with van der Waals surface area (Å²) < 4.78 is 24.2. The van der Waals surface area contributed by atoms with Gasteiger partial charge in [0.15, 0.2) is 0 Å². The third-order valence-corrected chi connectivity index (χ3v) is 5.39. The molecular weight excluding hydrogens is 252 g/mol. The average molecular weight is 278 g/mol. The number of hydrogen-bond acceptors (Lipinski definition) is 4. The van der Waals surface area contributed by atoms with Crippen molar-refractivity contribution in [3.8, 4) is 0 Å². The Morgan fingerprint density at radius 1 is 1.44 bits per heavy atom. The van der Waals surface area contributed by atoms with Crippen molar-refractivity contribution in [2.45, 2.75) is 45.8 Å². The van der Waals surface area contributed by atoms with Crippen LogP contribution in [0.5, 0.6) is 0 Å². The molecule has 0 radical (unpaired) electrons. The fraction of sp³-hybridized carbons (Fsp3) is 1.00. The summed E-state index contributed by atoms with van der Waals surface area (Å²) in [6.07, 6.45) is 2.60. The number of aliphatic hydroxyl groups excluding tert-OH is 1. The lowest BCUT2D eigenvalue weighted by molar-refractivity contribution is -0.0722. The average Bonchev–Trinajstić information content (AvgIpc) is 2.25. The lowest BCUT2D eigenvalue weighted by Gasteiger charge is -2.49. The highest BCUT2D eigenvalue weighted by Gasteiger charge is 2.46. The molecule has 0 amide bonds. The molecule has 0 bridgehead atoms. The Hall–Kier alpha value is -0.170. The minimum Gasteiger partial charge on any atom is -0.392 e. The summed E-state index contributed by atoms with van der Waals surface area (Å²) >= 11 is 0. The molecule has 2 N–H and O–H groups in total. The Balaban J connectivity index is 2.24. The van der Waals surface area contributed by atoms with Crippen molar-refractivity contribution in [3.05, 3.63) is 0 Å². The maximum Gasteiger partial charge on any atom is 0.211 e. The van der Waals surface area contributed by atoms with Crippen molar-refractivity contribution in [3.63, 3.8) is 0 Å². The van der Waals surface area contributed by atoms with Crippen molar-refractivity contribution in [1.29, 1.82) is 0 Å². The van der Waals surface area contributed by atoms with Gasteiger partial charge in [0, 0.05) is 24.5 Å². The third-order valence-electron chi connectivity index (χ3n) is 4.01. The Kier molecular flexibility index (Phi) is 5.17. The van der Waals surface area contributed by atoms with Crippen LogP contribution in [0.4, 0.5) is 0 Å². The zero-order chi connectivity index (χ0) is 14.0. The van der Waals surface area contributed by atoms with E-state index in [9.17, 15) is 13.5 Å². The van der Waals surface area contributed by atoms with Crippen LogP contribution in [0.1, 0.15) is 33.6 Å². The molecule has 5 nitrogen and oxygen atoms in total. The molecule has 1 aliphatic carbocycles. The van der Waals surface area contributed by atoms with Crippen molar-refractivity contribution in [1.82, 2.24) is 9.62 Å². The van der Waals surface area contributed by atoms with Crippen LogP contribution < -0.4 is 5.32 Å². The van der Waals surface area contributed by atoms with E-state index in [0.717, 1.165) is 19.4 Å². The fourth-order valence-electron chi connectivity index (χ4n) is 2.34. The molecule has 2 unspecified atom stereocenters. The molecular formula is C12H26N2O3S. The molecule has 0 spiro atoms. The van der Waals surface area contributed by atoms with Crippen LogP contribution >= 0.6 is 0 Å². The van der Waals surface area contributed by atoms with E-state index >= 15 is 0 Å². The minimum atomic E-state index is -3.07. The Morgan fingerprint density at radius 3 is 2.44 bits per heavy atom. The van der Waals surface area contributed by atoms with E-state index in [4.69, 9.17) is 0 Å². The van der Waals surface area contributed by atoms with Crippen LogP contribution in [-0.4, -0.2) is 55.9 Å². The van der Waals surface area contributed by atoms with E-state index in [1.54, 1.807) is 0 Å². The van der Waals surface area contributed by atoms with Crippen LogP contribution in [0, 0.1) is 5.41 Å². The van der Waals surface area contributed by atoms with Gasteiger partial charge in [0.1, 0.15) is 0 Å². The molecule has 0 heterocycles. The first kappa shape index (κ1) is 15.9. The van der Waals surface area contributed by atoms with E-state index < -0.39 is 10.0 Å². The summed E-state index contributed by atoms with van der Waals surface area (Å²) in [4.78, 5) is 0. The van der Waals surface area contributed by atoms with Gasteiger partial charge in [0.05, 0.1) is 12.4 Å². The lowest BCUT2D eigenvalue weighted by atomic mass is 9.64. The highest BCUT2D eigenvalue weighted by molar-refractivity contribution is 7.88. The molecule has 108 valence electrons. The van der Waals surface area contributed by atoms with E-state index in [0.29, 0.717) is 19.1 Å². The molecule has 6 heteroatoms. The van der Waals surface area contributed by atoms with Gasteiger partial charge in [-0.05, 0) is 19.4 Å². The smallest absolute Gasteiger partial charge is 0.211 e. The molecule has 0 aromatic carbocycles. The zero-order valence-electron chi connectivity index (χ0n) is 11.8. The second-order valence-electron chi connectivity index (χ2n) is 5.69. The fourth-order valence-corrected chi connectivity index (χ4v) is 3.27. The number of hydrogen-bond donors (Lipinski definition) is 2. The zero-order valence-corrected chi connectivity index (χ0v) is 12.6. The van der Waals surface area contributed by atoms with Gasteiger partial charge in [0.25, 0.3) is 0 Å². The summed E-state index contributed by atoms with van der Waals surface area (Å²) in [7, 11) is -3.07. The molecule has 0 aromatic rings. The molecule has 1 fully saturated rings. The normalized spacial score (nSPS) is 27.2. The second-order valence-corrected chi connectivity index (χ2v) is 7.67. The van der Waals surface area contributed by atoms with Gasteiger partial charge in [-0.1, -0.05) is 20.8 Å². The van der Waals surface area contributed by atoms with Gasteiger partial charge in [-0.25, -0.2) is 12.7 Å². The first-order valence-electron chi connectivity index (χ1n) is 6.56. The van der Waals surface area contributed by atoms with Crippen LogP contribution in [0.15, 0.2) is 0 Å². The predicted molar refractivity (Wildman–Crippen MR) is 72.9 cm³/mol. The minimum absolute atomic E-state index is 0.0682. The molecule has 1 saturated carbocycles. The first-order chi connectivity index (χ1) is 8.19. The van der Waals surface area contributed by atoms with Gasteiger partial charge in [-0.3, -0.25) is 0 Å². The molecule has 0 saturated heterocycles. The van der Waals surface area contributed by atoms with E-state index in [1.807, 2.05) is 20.8 Å². The Bertz CT molecular complexity index is 368. The summed E-state index contributed by atoms with van der Waals surface area (Å²) in [6.45, 7) is 7.80. The van der Waals surface area contributed by atoms with E-state index in [-0.39, 0.29) is 11.5 Å². The number of nitrogens with one attached hydrogen (secondary N) is 1. The number of sulfonamides is 1. The molecule has 0 aromatic heterocycles. The second kappa shape index (κ2) is 5.86. The predicted octanol–water partition coefficient (Wildman–Crippen LogP) is 0.407. The summed E-state index contributed by atoms with van der Waals surface area (Å²) in [5, 5.41) is 13.0. The molecule has 0 aliphatic heterocycles. The highest BCUT2D eigenvalue weighted by Crippen LogP contribution is 2.40. The lowest BCUT2D eigenvalue weighted by Crippen LogP contribution is -2.60. The summed E-state index contributed by atoms with van der Waals surface area (Å²) in [5.74, 6) is 0. The summed E-state index contributed by atoms with van der Waals surface area (Å²) in [5.41, 5.74) is -0.0682. The Morgan fingerprint density at radius 2 is 2.06 bits per heavy atom. The van der Waals surface area contributed by atoms with Gasteiger partial charge >= 0.3 is 0 Å². The van der Waals surface area contributed by atoms with Crippen LogP contribution in [0.25, 0.3) is 0 Å². The van der Waals surface area contributed by atoms with Crippen LogP contribution in [-0.2, 0) is 10.0 Å². The summed E-state index contributed by atoms with van der Waals surface area (Å²) in [6, 6.07) is 0.334. The Labute approximate surface area is 111 Å². The quantitative estimate of drug-likeness (QED) is 0.662. The first-order valence-corrected chi connectivity index (χ1v) is 8.41. The van der Waals surface area contributed by atoms with Gasteiger partial charge in [0.2, 0.25) is 10.0 Å². The molecule has 1 aliphatic rings. The number of rotatable bonds is 7.